The Labute approximate surface area is 164 Å². The first kappa shape index (κ1) is 18.3. The fourth-order valence-electron chi connectivity index (χ4n) is 2.22. The third-order valence-electron chi connectivity index (χ3n) is 3.62. The molecule has 0 aliphatic heterocycles. The van der Waals surface area contributed by atoms with Crippen LogP contribution in [0, 0.1) is 35.5 Å². The topological polar surface area (TPSA) is 9.23 Å². The van der Waals surface area contributed by atoms with Crippen LogP contribution in [0.3, 0.4) is 0 Å². The van der Waals surface area contributed by atoms with Gasteiger partial charge in [-0.2, -0.15) is 0 Å². The van der Waals surface area contributed by atoms with E-state index in [1.165, 1.54) is 0 Å². The van der Waals surface area contributed by atoms with Crippen LogP contribution >= 0.6 is 0 Å². The number of rotatable bonds is 1. The predicted molar refractivity (Wildman–Crippen MR) is 110 cm³/mol. The van der Waals surface area contributed by atoms with Gasteiger partial charge in [0.15, 0.2) is 0 Å². The van der Waals surface area contributed by atoms with E-state index >= 15 is 0 Å². The molecule has 0 saturated heterocycles. The van der Waals surface area contributed by atoms with Crippen LogP contribution in [0.5, 0.6) is 0 Å². The molecule has 0 aliphatic rings. The van der Waals surface area contributed by atoms with E-state index < -0.39 is 5.60 Å². The zero-order valence-electron chi connectivity index (χ0n) is 14.6. The quantitative estimate of drug-likeness (QED) is 0.472. The van der Waals surface area contributed by atoms with Gasteiger partial charge >= 0.3 is 0 Å². The first-order chi connectivity index (χ1) is 13.3. The maximum atomic E-state index is 5.49. The van der Waals surface area contributed by atoms with Gasteiger partial charge in [-0.3, -0.25) is 0 Å². The van der Waals surface area contributed by atoms with Crippen molar-refractivity contribution in [2.24, 2.45) is 0 Å². The van der Waals surface area contributed by atoms with Gasteiger partial charge in [0.25, 0.3) is 10.5 Å². The highest BCUT2D eigenvalue weighted by atomic mass is 28.2. The third-order valence-corrected chi connectivity index (χ3v) is 3.93. The standard InChI is InChI=1S/C25H15OSi/c27-26-25(19-16-22-10-4-1-5-11-22,20-17-23-12-6-2-7-13-23)21-18-24-14-8-3-9-15-24/h1-15H. The van der Waals surface area contributed by atoms with Crippen molar-refractivity contribution in [3.63, 3.8) is 0 Å². The Morgan fingerprint density at radius 1 is 0.519 bits per heavy atom. The highest BCUT2D eigenvalue weighted by Gasteiger charge is 2.21. The van der Waals surface area contributed by atoms with Gasteiger partial charge in [-0.1, -0.05) is 72.4 Å². The van der Waals surface area contributed by atoms with Crippen molar-refractivity contribution in [3.05, 3.63) is 108 Å². The molecule has 27 heavy (non-hydrogen) atoms. The second-order valence-electron chi connectivity index (χ2n) is 5.63. The predicted octanol–water partition coefficient (Wildman–Crippen LogP) is 3.98. The summed E-state index contributed by atoms with van der Waals surface area (Å²) in [6, 6.07) is 29.0. The van der Waals surface area contributed by atoms with E-state index in [1.54, 1.807) is 0 Å². The SMILES string of the molecule is [Si]OC(C#Cc1ccccc1)(C#Cc1ccccc1)C#Cc1ccccc1. The molecule has 3 aromatic carbocycles. The molecule has 1 nitrogen and oxygen atoms in total. The lowest BCUT2D eigenvalue weighted by atomic mass is 10.0. The number of hydrogen-bond donors (Lipinski definition) is 0. The van der Waals surface area contributed by atoms with E-state index in [-0.39, 0.29) is 0 Å². The molecule has 0 aromatic heterocycles. The molecule has 3 radical (unpaired) electrons. The summed E-state index contributed by atoms with van der Waals surface area (Å²) in [7, 11) is 3.14. The number of benzene rings is 3. The summed E-state index contributed by atoms with van der Waals surface area (Å²) in [4.78, 5) is 0. The van der Waals surface area contributed by atoms with E-state index in [1.807, 2.05) is 91.0 Å². The number of hydrogen-bond acceptors (Lipinski definition) is 1. The second-order valence-corrected chi connectivity index (χ2v) is 5.84. The molecule has 0 saturated carbocycles. The van der Waals surface area contributed by atoms with Crippen LogP contribution in [0.1, 0.15) is 16.7 Å². The second kappa shape index (κ2) is 9.28. The van der Waals surface area contributed by atoms with Gasteiger partial charge < -0.3 is 4.43 Å². The first-order valence-electron chi connectivity index (χ1n) is 8.39. The molecular formula is C25H15OSi. The highest BCUT2D eigenvalue weighted by molar-refractivity contribution is 5.99. The lowest BCUT2D eigenvalue weighted by Gasteiger charge is -2.13. The zero-order chi connectivity index (χ0) is 18.8. The Kier molecular flexibility index (Phi) is 6.29. The Bertz CT molecular complexity index is 915. The molecule has 0 atom stereocenters. The summed E-state index contributed by atoms with van der Waals surface area (Å²) in [6.45, 7) is 0. The minimum atomic E-state index is -1.27. The monoisotopic (exact) mass is 359 g/mol. The minimum absolute atomic E-state index is 0.869. The van der Waals surface area contributed by atoms with Gasteiger partial charge in [0, 0.05) is 16.7 Å². The average molecular weight is 359 g/mol. The lowest BCUT2D eigenvalue weighted by molar-refractivity contribution is 0.278. The third kappa shape index (κ3) is 5.50. The molecular weight excluding hydrogens is 344 g/mol. The van der Waals surface area contributed by atoms with Crippen molar-refractivity contribution in [1.82, 2.24) is 0 Å². The summed E-state index contributed by atoms with van der Waals surface area (Å²) in [5.74, 6) is 18.5. The molecule has 125 valence electrons. The first-order valence-corrected chi connectivity index (χ1v) is 8.80. The van der Waals surface area contributed by atoms with E-state index in [2.05, 4.69) is 46.0 Å². The maximum Gasteiger partial charge on any atom is 0.251 e. The Morgan fingerprint density at radius 2 is 0.815 bits per heavy atom. The average Bonchev–Trinajstić information content (AvgIpc) is 2.76. The van der Waals surface area contributed by atoms with Crippen LogP contribution in [0.25, 0.3) is 0 Å². The molecule has 3 aromatic rings. The lowest BCUT2D eigenvalue weighted by Crippen LogP contribution is -2.26. The van der Waals surface area contributed by atoms with Crippen molar-refractivity contribution in [2.45, 2.75) is 5.60 Å². The summed E-state index contributed by atoms with van der Waals surface area (Å²) in [6.07, 6.45) is 0. The van der Waals surface area contributed by atoms with Crippen molar-refractivity contribution >= 4 is 10.5 Å². The smallest absolute Gasteiger partial charge is 0.251 e. The van der Waals surface area contributed by atoms with Gasteiger partial charge in [-0.25, -0.2) is 0 Å². The summed E-state index contributed by atoms with van der Waals surface area (Å²) >= 11 is 0. The van der Waals surface area contributed by atoms with E-state index in [0.29, 0.717) is 0 Å². The van der Waals surface area contributed by atoms with Crippen molar-refractivity contribution < 1.29 is 4.43 Å². The van der Waals surface area contributed by atoms with Crippen LogP contribution in [0.2, 0.25) is 0 Å². The molecule has 0 unspecified atom stereocenters. The van der Waals surface area contributed by atoms with Crippen LogP contribution in [-0.4, -0.2) is 16.1 Å². The molecule has 3 rings (SSSR count). The molecule has 0 spiro atoms. The van der Waals surface area contributed by atoms with Gasteiger partial charge in [0.05, 0.1) is 0 Å². The molecule has 0 fully saturated rings. The van der Waals surface area contributed by atoms with E-state index in [4.69, 9.17) is 4.43 Å². The summed E-state index contributed by atoms with van der Waals surface area (Å²) in [5, 5.41) is 0. The van der Waals surface area contributed by atoms with Gasteiger partial charge in [-0.05, 0) is 54.2 Å². The van der Waals surface area contributed by atoms with Gasteiger partial charge in [-0.15, -0.1) is 0 Å². The van der Waals surface area contributed by atoms with Crippen molar-refractivity contribution in [2.75, 3.05) is 0 Å². The molecule has 0 amide bonds. The fraction of sp³-hybridized carbons (Fsp3) is 0.0400. The maximum absolute atomic E-state index is 5.49. The Morgan fingerprint density at radius 3 is 1.07 bits per heavy atom. The molecule has 2 heteroatoms. The Balaban J connectivity index is 2.03. The minimum Gasteiger partial charge on any atom is -0.384 e. The summed E-state index contributed by atoms with van der Waals surface area (Å²) < 4.78 is 5.49. The largest absolute Gasteiger partial charge is 0.384 e. The summed E-state index contributed by atoms with van der Waals surface area (Å²) in [5.41, 5.74) is 1.34. The normalized spacial score (nSPS) is 9.67. The molecule has 0 bridgehead atoms. The molecule has 0 N–H and O–H groups in total. The van der Waals surface area contributed by atoms with Crippen LogP contribution in [0.15, 0.2) is 91.0 Å². The fourth-order valence-corrected chi connectivity index (χ4v) is 2.37. The van der Waals surface area contributed by atoms with E-state index in [9.17, 15) is 0 Å². The highest BCUT2D eigenvalue weighted by Crippen LogP contribution is 2.09. The van der Waals surface area contributed by atoms with Crippen LogP contribution in [0.4, 0.5) is 0 Å². The van der Waals surface area contributed by atoms with Crippen LogP contribution in [-0.2, 0) is 4.43 Å². The Hall–Kier alpha value is -3.48. The van der Waals surface area contributed by atoms with Crippen molar-refractivity contribution in [1.29, 1.82) is 0 Å². The molecule has 0 aliphatic carbocycles. The molecule has 0 heterocycles. The van der Waals surface area contributed by atoms with E-state index in [0.717, 1.165) is 16.7 Å². The van der Waals surface area contributed by atoms with Gasteiger partial charge in [0.1, 0.15) is 0 Å². The van der Waals surface area contributed by atoms with Crippen LogP contribution < -0.4 is 0 Å². The van der Waals surface area contributed by atoms with Crippen molar-refractivity contribution in [3.8, 4) is 35.5 Å². The van der Waals surface area contributed by atoms with Gasteiger partial charge in [0.2, 0.25) is 5.60 Å². The zero-order valence-corrected chi connectivity index (χ0v) is 15.6.